The van der Waals surface area contributed by atoms with E-state index in [0.717, 1.165) is 10.6 Å². The van der Waals surface area contributed by atoms with Crippen molar-refractivity contribution >= 4 is 7.82 Å². The van der Waals surface area contributed by atoms with Crippen molar-refractivity contribution in [3.63, 3.8) is 0 Å². The van der Waals surface area contributed by atoms with Crippen molar-refractivity contribution in [2.75, 3.05) is 7.11 Å². The Labute approximate surface area is 149 Å². The van der Waals surface area contributed by atoms with Crippen LogP contribution >= 0.6 is 7.82 Å². The molecule has 3 unspecified atom stereocenters. The van der Waals surface area contributed by atoms with Gasteiger partial charge in [0.2, 0.25) is 0 Å². The van der Waals surface area contributed by atoms with Crippen LogP contribution < -0.4 is 11.2 Å². The van der Waals surface area contributed by atoms with Crippen LogP contribution in [0, 0.1) is 0 Å². The largest absolute Gasteiger partial charge is 0.469 e. The van der Waals surface area contributed by atoms with Gasteiger partial charge in [-0.05, 0) is 20.8 Å². The van der Waals surface area contributed by atoms with Crippen molar-refractivity contribution in [3.05, 3.63) is 33.1 Å². The first-order valence-corrected chi connectivity index (χ1v) is 9.45. The van der Waals surface area contributed by atoms with E-state index in [0.29, 0.717) is 0 Å². The lowest BCUT2D eigenvalue weighted by Crippen LogP contribution is -2.43. The molecule has 1 saturated heterocycles. The number of phosphoric acid groups is 1. The van der Waals surface area contributed by atoms with Crippen molar-refractivity contribution in [1.29, 1.82) is 0 Å². The van der Waals surface area contributed by atoms with E-state index in [2.05, 4.69) is 4.98 Å². The molecule has 2 heterocycles. The minimum atomic E-state index is -4.76. The lowest BCUT2D eigenvalue weighted by molar-refractivity contribution is -0.101. The number of phosphoric ester groups is 1. The summed E-state index contributed by atoms with van der Waals surface area (Å²) in [5.41, 5.74) is -1.28. The molecule has 2 rings (SSSR count). The maximum Gasteiger partial charge on any atom is 0.469 e. The van der Waals surface area contributed by atoms with Gasteiger partial charge in [-0.2, -0.15) is 0 Å². The van der Waals surface area contributed by atoms with Crippen LogP contribution in [-0.2, 0) is 23.3 Å². The highest BCUT2D eigenvalue weighted by molar-refractivity contribution is 7.46. The maximum absolute atomic E-state index is 12.1. The van der Waals surface area contributed by atoms with Gasteiger partial charge in [-0.25, -0.2) is 9.36 Å². The smallest absolute Gasteiger partial charge is 0.374 e. The molecule has 148 valence electrons. The molecule has 12 heteroatoms. The lowest BCUT2D eigenvalue weighted by Gasteiger charge is -2.28. The van der Waals surface area contributed by atoms with Gasteiger partial charge >= 0.3 is 13.5 Å². The van der Waals surface area contributed by atoms with Crippen molar-refractivity contribution in [2.45, 2.75) is 57.5 Å². The number of hydrogen-bond acceptors (Lipinski definition) is 7. The fourth-order valence-electron chi connectivity index (χ4n) is 2.89. The summed E-state index contributed by atoms with van der Waals surface area (Å²) in [4.78, 5) is 43.6. The van der Waals surface area contributed by atoms with Gasteiger partial charge < -0.3 is 24.0 Å². The van der Waals surface area contributed by atoms with Crippen LogP contribution in [0.3, 0.4) is 0 Å². The number of H-pyrrole nitrogens is 1. The average molecular weight is 394 g/mol. The highest BCUT2D eigenvalue weighted by atomic mass is 31.2. The second-order valence-corrected chi connectivity index (χ2v) is 7.35. The van der Waals surface area contributed by atoms with Gasteiger partial charge in [0.15, 0.2) is 6.23 Å². The predicted molar refractivity (Wildman–Crippen MR) is 88.6 cm³/mol. The van der Waals surface area contributed by atoms with Gasteiger partial charge in [0.25, 0.3) is 5.56 Å². The molecule has 0 aromatic carbocycles. The summed E-state index contributed by atoms with van der Waals surface area (Å²) in [7, 11) is -3.37. The normalized spacial score (nSPS) is 27.8. The fourth-order valence-corrected chi connectivity index (χ4v) is 3.44. The first-order valence-electron chi connectivity index (χ1n) is 7.92. The Kier molecular flexibility index (Phi) is 6.56. The Morgan fingerprint density at radius 1 is 1.27 bits per heavy atom. The Balaban J connectivity index is 2.40. The first kappa shape index (κ1) is 21.0. The number of aromatic nitrogens is 2. The summed E-state index contributed by atoms with van der Waals surface area (Å²) >= 11 is 0. The van der Waals surface area contributed by atoms with E-state index < -0.39 is 49.7 Å². The van der Waals surface area contributed by atoms with Crippen LogP contribution in [0.2, 0.25) is 0 Å². The van der Waals surface area contributed by atoms with E-state index in [-0.39, 0.29) is 6.10 Å². The zero-order chi connectivity index (χ0) is 19.6. The molecule has 0 bridgehead atoms. The molecule has 11 nitrogen and oxygen atoms in total. The third-order valence-corrected chi connectivity index (χ3v) is 4.43. The van der Waals surface area contributed by atoms with E-state index in [1.165, 1.54) is 20.2 Å². The molecule has 0 amide bonds. The van der Waals surface area contributed by atoms with Gasteiger partial charge in [0.1, 0.15) is 18.3 Å². The zero-order valence-corrected chi connectivity index (χ0v) is 15.7. The number of aromatic amines is 1. The van der Waals surface area contributed by atoms with Gasteiger partial charge in [-0.15, -0.1) is 0 Å². The van der Waals surface area contributed by atoms with Crippen molar-refractivity contribution < 1.29 is 33.1 Å². The summed E-state index contributed by atoms with van der Waals surface area (Å²) < 4.78 is 34.1. The number of hydrogen-bond donors (Lipinski definition) is 3. The highest BCUT2D eigenvalue weighted by Gasteiger charge is 2.50. The van der Waals surface area contributed by atoms with Crippen molar-refractivity contribution in [2.24, 2.45) is 0 Å². The van der Waals surface area contributed by atoms with Crippen molar-refractivity contribution in [1.82, 2.24) is 9.55 Å². The first-order chi connectivity index (χ1) is 12.0. The number of nitrogens with zero attached hydrogens (tertiary/aromatic N) is 1. The number of ether oxygens (including phenoxy) is 3. The summed E-state index contributed by atoms with van der Waals surface area (Å²) in [5.74, 6) is 0. The monoisotopic (exact) mass is 394 g/mol. The van der Waals surface area contributed by atoms with E-state index in [9.17, 15) is 14.2 Å². The number of methoxy groups -OCH3 is 1. The minimum absolute atomic E-state index is 0.253. The molecule has 1 aliphatic heterocycles. The molecule has 0 saturated carbocycles. The fraction of sp³-hybridized carbons (Fsp3) is 0.714. The molecule has 0 aliphatic carbocycles. The molecule has 0 spiro atoms. The van der Waals surface area contributed by atoms with Gasteiger partial charge in [0.05, 0.1) is 12.2 Å². The van der Waals surface area contributed by atoms with E-state index in [1.54, 1.807) is 13.8 Å². The number of nitrogens with one attached hydrogen (secondary N) is 1. The van der Waals surface area contributed by atoms with Crippen LogP contribution in [0.15, 0.2) is 21.9 Å². The molecule has 1 aromatic rings. The van der Waals surface area contributed by atoms with Gasteiger partial charge in [-0.3, -0.25) is 18.9 Å². The Bertz CT molecular complexity index is 770. The van der Waals surface area contributed by atoms with Crippen LogP contribution in [0.25, 0.3) is 0 Å². The summed E-state index contributed by atoms with van der Waals surface area (Å²) in [6.45, 7) is 4.97. The lowest BCUT2D eigenvalue weighted by atomic mass is 10.1. The molecule has 5 atom stereocenters. The number of rotatable bonds is 7. The second-order valence-electron chi connectivity index (χ2n) is 6.16. The highest BCUT2D eigenvalue weighted by Crippen LogP contribution is 2.42. The molecule has 1 aliphatic rings. The third-order valence-electron chi connectivity index (χ3n) is 3.82. The maximum atomic E-state index is 12.1. The zero-order valence-electron chi connectivity index (χ0n) is 14.8. The Morgan fingerprint density at radius 2 is 1.92 bits per heavy atom. The Morgan fingerprint density at radius 3 is 2.42 bits per heavy atom. The predicted octanol–water partition coefficient (Wildman–Crippen LogP) is -0.260. The molecule has 0 radical (unpaired) electrons. The SMILES string of the molecule is COC1C(OC(C)C)[C@@H](C(C)OP(=O)(O)O)O[C@H]1n1ccc(=O)[nH]c1=O. The van der Waals surface area contributed by atoms with Crippen molar-refractivity contribution in [3.8, 4) is 0 Å². The van der Waals surface area contributed by atoms with Crippen LogP contribution in [0.4, 0.5) is 0 Å². The molecule has 1 aromatic heterocycles. The van der Waals surface area contributed by atoms with E-state index in [1.807, 2.05) is 0 Å². The molecular formula is C14H23N2O9P. The molecular weight excluding hydrogens is 371 g/mol. The van der Waals surface area contributed by atoms with Crippen LogP contribution in [0.5, 0.6) is 0 Å². The molecule has 3 N–H and O–H groups in total. The van der Waals surface area contributed by atoms with E-state index >= 15 is 0 Å². The van der Waals surface area contributed by atoms with Crippen LogP contribution in [-0.4, -0.2) is 57.0 Å². The summed E-state index contributed by atoms with van der Waals surface area (Å²) in [6, 6.07) is 1.15. The molecule has 1 fully saturated rings. The third kappa shape index (κ3) is 4.89. The van der Waals surface area contributed by atoms with Crippen LogP contribution in [0.1, 0.15) is 27.0 Å². The summed E-state index contributed by atoms with van der Waals surface area (Å²) in [6.07, 6.45) is -3.53. The molecule has 26 heavy (non-hydrogen) atoms. The quantitative estimate of drug-likeness (QED) is 0.532. The average Bonchev–Trinajstić information content (AvgIpc) is 2.83. The Hall–Kier alpha value is -1.33. The van der Waals surface area contributed by atoms with E-state index in [4.69, 9.17) is 28.5 Å². The van der Waals surface area contributed by atoms with Gasteiger partial charge in [0, 0.05) is 19.4 Å². The standard InChI is InChI=1S/C14H23N2O9P/c1-7(2)23-11-10(8(3)25-26(19,20)21)24-13(12(11)22-4)16-6-5-9(17)15-14(16)18/h5-8,10-13H,1-4H3,(H,15,17,18)(H2,19,20,21)/t8?,10-,11?,12?,13-/m1/s1. The topological polar surface area (TPSA) is 149 Å². The summed E-state index contributed by atoms with van der Waals surface area (Å²) in [5, 5.41) is 0. The minimum Gasteiger partial charge on any atom is -0.374 e. The second kappa shape index (κ2) is 8.13. The van der Waals surface area contributed by atoms with Gasteiger partial charge in [-0.1, -0.05) is 0 Å².